The second-order valence-electron chi connectivity index (χ2n) is 2.35. The first kappa shape index (κ1) is 4.98. The van der Waals surface area contributed by atoms with Gasteiger partial charge in [-0.3, -0.25) is 0 Å². The predicted octanol–water partition coefficient (Wildman–Crippen LogP) is 1.25. The Morgan fingerprint density at radius 3 is 2.29 bits per heavy atom. The zero-order valence-electron chi connectivity index (χ0n) is 4.74. The fraction of sp³-hybridized carbons (Fsp3) is 0.833. The Morgan fingerprint density at radius 1 is 1.71 bits per heavy atom. The largest absolute Gasteiger partial charge is 0.371 e. The van der Waals surface area contributed by atoms with E-state index in [0.717, 1.165) is 19.6 Å². The lowest BCUT2D eigenvalue weighted by Gasteiger charge is -2.29. The van der Waals surface area contributed by atoms with Crippen LogP contribution in [-0.4, -0.2) is 13.2 Å². The Bertz CT molecular complexity index is 59.1. The third-order valence-electron chi connectivity index (χ3n) is 1.57. The maximum atomic E-state index is 4.97. The molecule has 0 bridgehead atoms. The Labute approximate surface area is 44.7 Å². The van der Waals surface area contributed by atoms with Gasteiger partial charge in [0.2, 0.25) is 0 Å². The summed E-state index contributed by atoms with van der Waals surface area (Å²) in [6.07, 6.45) is 1.15. The molecule has 1 aliphatic heterocycles. The smallest absolute Gasteiger partial charge is 0.151 e. The highest BCUT2D eigenvalue weighted by molar-refractivity contribution is 4.85. The van der Waals surface area contributed by atoms with Gasteiger partial charge in [-0.2, -0.15) is 0 Å². The van der Waals surface area contributed by atoms with Crippen molar-refractivity contribution in [3.63, 3.8) is 0 Å². The van der Waals surface area contributed by atoms with Crippen LogP contribution in [0.3, 0.4) is 0 Å². The van der Waals surface area contributed by atoms with Crippen LogP contribution in [0.4, 0.5) is 0 Å². The summed E-state index contributed by atoms with van der Waals surface area (Å²) >= 11 is 0. The molecule has 1 fully saturated rings. The van der Waals surface area contributed by atoms with Crippen LogP contribution in [0.5, 0.6) is 0 Å². The third kappa shape index (κ3) is 0.729. The van der Waals surface area contributed by atoms with Crippen molar-refractivity contribution >= 4 is 0 Å². The number of hydrogen-bond donors (Lipinski definition) is 0. The van der Waals surface area contributed by atoms with Gasteiger partial charge in [0.1, 0.15) is 0 Å². The van der Waals surface area contributed by atoms with Crippen LogP contribution in [0, 0.1) is 12.3 Å². The average molecular weight is 99.2 g/mol. The van der Waals surface area contributed by atoms with Crippen molar-refractivity contribution in [2.75, 3.05) is 13.2 Å². The summed E-state index contributed by atoms with van der Waals surface area (Å²) in [6.45, 7) is 7.85. The molecular formula is C6H11O+. The minimum Gasteiger partial charge on any atom is -0.371 e. The fourth-order valence-corrected chi connectivity index (χ4v) is 0.595. The molecule has 0 radical (unpaired) electrons. The molecule has 0 aromatic heterocycles. The third-order valence-corrected chi connectivity index (χ3v) is 1.57. The summed E-state index contributed by atoms with van der Waals surface area (Å²) in [5, 5.41) is 0. The molecule has 0 atom stereocenters. The van der Waals surface area contributed by atoms with Crippen molar-refractivity contribution in [1.29, 1.82) is 0 Å². The van der Waals surface area contributed by atoms with Crippen molar-refractivity contribution in [1.82, 2.24) is 0 Å². The Morgan fingerprint density at radius 2 is 2.29 bits per heavy atom. The summed E-state index contributed by atoms with van der Waals surface area (Å²) < 4.78 is 4.97. The molecule has 1 rings (SSSR count). The zero-order chi connectivity index (χ0) is 5.33. The minimum atomic E-state index is 0.292. The molecule has 1 heterocycles. The molecule has 0 unspecified atom stereocenters. The van der Waals surface area contributed by atoms with E-state index in [9.17, 15) is 0 Å². The lowest BCUT2D eigenvalue weighted by molar-refractivity contribution is -0.0857. The lowest BCUT2D eigenvalue weighted by atomic mass is 9.86. The molecule has 0 aromatic rings. The highest BCUT2D eigenvalue weighted by Crippen LogP contribution is 2.28. The molecular weight excluding hydrogens is 88.1 g/mol. The predicted molar refractivity (Wildman–Crippen MR) is 28.9 cm³/mol. The van der Waals surface area contributed by atoms with Crippen LogP contribution >= 0.6 is 0 Å². The average Bonchev–Trinajstić information content (AvgIpc) is 1.61. The first-order chi connectivity index (χ1) is 3.27. The lowest BCUT2D eigenvalue weighted by Crippen LogP contribution is -2.39. The molecule has 1 aliphatic rings. The van der Waals surface area contributed by atoms with Crippen molar-refractivity contribution in [2.24, 2.45) is 5.41 Å². The van der Waals surface area contributed by atoms with Crippen molar-refractivity contribution in [3.05, 3.63) is 6.92 Å². The van der Waals surface area contributed by atoms with Crippen LogP contribution in [0.25, 0.3) is 0 Å². The first-order valence-electron chi connectivity index (χ1n) is 2.70. The van der Waals surface area contributed by atoms with Gasteiger partial charge in [-0.25, -0.2) is 0 Å². The molecule has 0 amide bonds. The topological polar surface area (TPSA) is 9.23 Å². The van der Waals surface area contributed by atoms with Gasteiger partial charge in [-0.15, -0.1) is 0 Å². The molecule has 1 saturated heterocycles. The minimum absolute atomic E-state index is 0.292. The molecule has 1 heteroatoms. The SMILES string of the molecule is [CH2+]C1(CC)COC1. The van der Waals surface area contributed by atoms with Crippen LogP contribution < -0.4 is 0 Å². The summed E-state index contributed by atoms with van der Waals surface area (Å²) in [5.74, 6) is 0. The van der Waals surface area contributed by atoms with Crippen molar-refractivity contribution in [2.45, 2.75) is 13.3 Å². The van der Waals surface area contributed by atoms with Gasteiger partial charge in [-0.1, -0.05) is 6.92 Å². The van der Waals surface area contributed by atoms with E-state index in [1.54, 1.807) is 0 Å². The van der Waals surface area contributed by atoms with Gasteiger partial charge in [0.25, 0.3) is 0 Å². The van der Waals surface area contributed by atoms with Crippen LogP contribution in [0.1, 0.15) is 13.3 Å². The van der Waals surface area contributed by atoms with E-state index in [-0.39, 0.29) is 0 Å². The molecule has 0 N–H and O–H groups in total. The monoisotopic (exact) mass is 99.1 g/mol. The van der Waals surface area contributed by atoms with Gasteiger partial charge >= 0.3 is 0 Å². The van der Waals surface area contributed by atoms with E-state index in [0.29, 0.717) is 5.41 Å². The van der Waals surface area contributed by atoms with E-state index >= 15 is 0 Å². The van der Waals surface area contributed by atoms with Gasteiger partial charge in [0.15, 0.2) is 5.41 Å². The van der Waals surface area contributed by atoms with E-state index in [4.69, 9.17) is 4.74 Å². The Hall–Kier alpha value is -0.170. The van der Waals surface area contributed by atoms with Crippen LogP contribution in [0.15, 0.2) is 0 Å². The van der Waals surface area contributed by atoms with E-state index in [2.05, 4.69) is 13.8 Å². The van der Waals surface area contributed by atoms with Crippen LogP contribution in [0.2, 0.25) is 0 Å². The molecule has 0 saturated carbocycles. The van der Waals surface area contributed by atoms with E-state index in [1.807, 2.05) is 0 Å². The summed E-state index contributed by atoms with van der Waals surface area (Å²) in [7, 11) is 0. The molecule has 7 heavy (non-hydrogen) atoms. The Balaban J connectivity index is 2.29. The summed E-state index contributed by atoms with van der Waals surface area (Å²) in [4.78, 5) is 0. The molecule has 40 valence electrons. The van der Waals surface area contributed by atoms with Gasteiger partial charge in [0.05, 0.1) is 20.1 Å². The zero-order valence-corrected chi connectivity index (χ0v) is 4.74. The normalized spacial score (nSPS) is 26.4. The van der Waals surface area contributed by atoms with Crippen molar-refractivity contribution in [3.8, 4) is 0 Å². The quantitative estimate of drug-likeness (QED) is 0.449. The van der Waals surface area contributed by atoms with Gasteiger partial charge in [0, 0.05) is 0 Å². The van der Waals surface area contributed by atoms with Crippen molar-refractivity contribution < 1.29 is 4.74 Å². The number of hydrogen-bond acceptors (Lipinski definition) is 1. The molecule has 1 nitrogen and oxygen atoms in total. The van der Waals surface area contributed by atoms with Crippen LogP contribution in [-0.2, 0) is 4.74 Å². The van der Waals surface area contributed by atoms with E-state index in [1.165, 1.54) is 0 Å². The first-order valence-corrected chi connectivity index (χ1v) is 2.70. The fourth-order valence-electron chi connectivity index (χ4n) is 0.595. The summed E-state index contributed by atoms with van der Waals surface area (Å²) in [6, 6.07) is 0. The second-order valence-corrected chi connectivity index (χ2v) is 2.35. The highest BCUT2D eigenvalue weighted by atomic mass is 16.5. The Kier molecular flexibility index (Phi) is 1.00. The maximum absolute atomic E-state index is 4.97. The maximum Gasteiger partial charge on any atom is 0.151 e. The highest BCUT2D eigenvalue weighted by Gasteiger charge is 2.38. The van der Waals surface area contributed by atoms with Gasteiger partial charge in [-0.05, 0) is 6.42 Å². The standard InChI is InChI=1S/C6H11O/c1-3-6(2)4-7-5-6/h2-5H2,1H3/q+1. The molecule has 0 aromatic carbocycles. The summed E-state index contributed by atoms with van der Waals surface area (Å²) in [5.41, 5.74) is 0.292. The van der Waals surface area contributed by atoms with Gasteiger partial charge < -0.3 is 4.74 Å². The number of rotatable bonds is 1. The second kappa shape index (κ2) is 1.41. The molecule has 0 aliphatic carbocycles. The molecule has 0 spiro atoms. The number of ether oxygens (including phenoxy) is 1. The van der Waals surface area contributed by atoms with E-state index < -0.39 is 0 Å².